The third-order valence-electron chi connectivity index (χ3n) is 2.77. The summed E-state index contributed by atoms with van der Waals surface area (Å²) in [5, 5.41) is 0. The summed E-state index contributed by atoms with van der Waals surface area (Å²) < 4.78 is 6.91. The Morgan fingerprint density at radius 2 is 2.06 bits per heavy atom. The normalized spacial score (nSPS) is 14.4. The summed E-state index contributed by atoms with van der Waals surface area (Å²) in [5.41, 5.74) is 7.00. The molecule has 0 aliphatic carbocycles. The number of ether oxygens (including phenoxy) is 1. The average Bonchev–Trinajstić information content (AvgIpc) is 2.26. The summed E-state index contributed by atoms with van der Waals surface area (Å²) in [7, 11) is 0. The Balaban J connectivity index is 2.71. The molecule has 0 saturated heterocycles. The van der Waals surface area contributed by atoms with Crippen LogP contribution in [0.2, 0.25) is 0 Å². The van der Waals surface area contributed by atoms with Gasteiger partial charge in [0.1, 0.15) is 5.75 Å². The lowest BCUT2D eigenvalue weighted by atomic mass is 10.1. The Hall–Kier alpha value is -0.540. The van der Waals surface area contributed by atoms with Gasteiger partial charge in [0.15, 0.2) is 0 Å². The van der Waals surface area contributed by atoms with Gasteiger partial charge < -0.3 is 10.5 Å². The number of hydrogen-bond acceptors (Lipinski definition) is 2. The van der Waals surface area contributed by atoms with E-state index in [2.05, 4.69) is 29.8 Å². The van der Waals surface area contributed by atoms with Crippen LogP contribution in [-0.4, -0.2) is 6.61 Å². The molecule has 2 unspecified atom stereocenters. The van der Waals surface area contributed by atoms with E-state index in [1.54, 1.807) is 0 Å². The zero-order chi connectivity index (χ0) is 12.8. The van der Waals surface area contributed by atoms with E-state index in [9.17, 15) is 0 Å². The van der Waals surface area contributed by atoms with Gasteiger partial charge in [-0.2, -0.15) is 0 Å². The summed E-state index contributed by atoms with van der Waals surface area (Å²) in [6, 6.07) is 6.02. The molecule has 0 bridgehead atoms. The van der Waals surface area contributed by atoms with Crippen molar-refractivity contribution >= 4 is 15.9 Å². The zero-order valence-corrected chi connectivity index (χ0v) is 12.5. The molecule has 1 aromatic carbocycles. The molecule has 17 heavy (non-hydrogen) atoms. The second-order valence-corrected chi connectivity index (χ2v) is 5.59. The van der Waals surface area contributed by atoms with Crippen molar-refractivity contribution in [3.05, 3.63) is 28.2 Å². The molecule has 0 fully saturated rings. The SMILES string of the molecule is CCCC(C)COc1cc(Br)ccc1C(C)N. The van der Waals surface area contributed by atoms with Gasteiger partial charge >= 0.3 is 0 Å². The van der Waals surface area contributed by atoms with E-state index in [0.717, 1.165) is 22.4 Å². The molecule has 0 aliphatic heterocycles. The summed E-state index contributed by atoms with van der Waals surface area (Å²) in [4.78, 5) is 0. The van der Waals surface area contributed by atoms with Crippen LogP contribution in [0.15, 0.2) is 22.7 Å². The first-order chi connectivity index (χ1) is 8.04. The van der Waals surface area contributed by atoms with E-state index >= 15 is 0 Å². The molecule has 0 amide bonds. The number of rotatable bonds is 6. The van der Waals surface area contributed by atoms with Crippen LogP contribution in [0.4, 0.5) is 0 Å². The van der Waals surface area contributed by atoms with E-state index < -0.39 is 0 Å². The van der Waals surface area contributed by atoms with Gasteiger partial charge in [-0.1, -0.05) is 42.3 Å². The summed E-state index contributed by atoms with van der Waals surface area (Å²) in [6.07, 6.45) is 2.39. The number of halogens is 1. The molecule has 0 radical (unpaired) electrons. The first kappa shape index (κ1) is 14.5. The van der Waals surface area contributed by atoms with Crippen LogP contribution < -0.4 is 10.5 Å². The molecule has 96 valence electrons. The maximum Gasteiger partial charge on any atom is 0.125 e. The van der Waals surface area contributed by atoms with Gasteiger partial charge in [-0.3, -0.25) is 0 Å². The standard InChI is InChI=1S/C14H22BrNO/c1-4-5-10(2)9-17-14-8-12(15)6-7-13(14)11(3)16/h6-8,10-11H,4-5,9,16H2,1-3H3. The summed E-state index contributed by atoms with van der Waals surface area (Å²) in [6.45, 7) is 7.14. The van der Waals surface area contributed by atoms with E-state index in [4.69, 9.17) is 10.5 Å². The second kappa shape index (κ2) is 7.02. The highest BCUT2D eigenvalue weighted by Crippen LogP contribution is 2.28. The largest absolute Gasteiger partial charge is 0.493 e. The first-order valence-corrected chi connectivity index (χ1v) is 7.01. The van der Waals surface area contributed by atoms with Crippen LogP contribution in [0.3, 0.4) is 0 Å². The fourth-order valence-electron chi connectivity index (χ4n) is 1.82. The van der Waals surface area contributed by atoms with Crippen molar-refractivity contribution in [3.63, 3.8) is 0 Å². The predicted molar refractivity (Wildman–Crippen MR) is 76.3 cm³/mol. The van der Waals surface area contributed by atoms with E-state index in [1.165, 1.54) is 12.8 Å². The van der Waals surface area contributed by atoms with Crippen LogP contribution in [0.1, 0.15) is 45.2 Å². The molecule has 0 heterocycles. The minimum absolute atomic E-state index is 0.000388. The molecule has 3 heteroatoms. The highest BCUT2D eigenvalue weighted by atomic mass is 79.9. The van der Waals surface area contributed by atoms with Gasteiger partial charge in [0.25, 0.3) is 0 Å². The molecule has 1 aromatic rings. The molecule has 0 aliphatic rings. The lowest BCUT2D eigenvalue weighted by Crippen LogP contribution is -2.12. The second-order valence-electron chi connectivity index (χ2n) is 4.68. The Morgan fingerprint density at radius 1 is 1.35 bits per heavy atom. The van der Waals surface area contributed by atoms with Crippen LogP contribution >= 0.6 is 15.9 Å². The Labute approximate surface area is 113 Å². The van der Waals surface area contributed by atoms with E-state index in [-0.39, 0.29) is 6.04 Å². The maximum absolute atomic E-state index is 5.93. The number of hydrogen-bond donors (Lipinski definition) is 1. The maximum atomic E-state index is 5.93. The van der Waals surface area contributed by atoms with Gasteiger partial charge in [-0.25, -0.2) is 0 Å². The fraction of sp³-hybridized carbons (Fsp3) is 0.571. The highest BCUT2D eigenvalue weighted by Gasteiger charge is 2.10. The molecule has 0 spiro atoms. The number of nitrogens with two attached hydrogens (primary N) is 1. The van der Waals surface area contributed by atoms with Crippen molar-refractivity contribution in [2.45, 2.75) is 39.7 Å². The van der Waals surface area contributed by atoms with Gasteiger partial charge in [0.2, 0.25) is 0 Å². The minimum Gasteiger partial charge on any atom is -0.493 e. The zero-order valence-electron chi connectivity index (χ0n) is 10.9. The third kappa shape index (κ3) is 4.68. The lowest BCUT2D eigenvalue weighted by Gasteiger charge is -2.17. The smallest absolute Gasteiger partial charge is 0.125 e. The average molecular weight is 300 g/mol. The van der Waals surface area contributed by atoms with Gasteiger partial charge in [0, 0.05) is 16.1 Å². The van der Waals surface area contributed by atoms with Crippen molar-refractivity contribution in [1.29, 1.82) is 0 Å². The monoisotopic (exact) mass is 299 g/mol. The molecule has 2 N–H and O–H groups in total. The van der Waals surface area contributed by atoms with Crippen molar-refractivity contribution in [1.82, 2.24) is 0 Å². The first-order valence-electron chi connectivity index (χ1n) is 6.22. The third-order valence-corrected chi connectivity index (χ3v) is 3.26. The quantitative estimate of drug-likeness (QED) is 0.851. The van der Waals surface area contributed by atoms with E-state index in [0.29, 0.717) is 5.92 Å². The van der Waals surface area contributed by atoms with E-state index in [1.807, 2.05) is 25.1 Å². The molecule has 2 atom stereocenters. The Morgan fingerprint density at radius 3 is 2.65 bits per heavy atom. The van der Waals surface area contributed by atoms with Crippen LogP contribution in [-0.2, 0) is 0 Å². The fourth-order valence-corrected chi connectivity index (χ4v) is 2.16. The molecule has 2 nitrogen and oxygen atoms in total. The Bertz CT molecular complexity index is 352. The van der Waals surface area contributed by atoms with Gasteiger partial charge in [0.05, 0.1) is 6.61 Å². The topological polar surface area (TPSA) is 35.2 Å². The van der Waals surface area contributed by atoms with Crippen molar-refractivity contribution in [2.75, 3.05) is 6.61 Å². The van der Waals surface area contributed by atoms with Gasteiger partial charge in [-0.15, -0.1) is 0 Å². The Kier molecular flexibility index (Phi) is 6.00. The predicted octanol–water partition coefficient (Wildman–Crippen LogP) is 4.28. The lowest BCUT2D eigenvalue weighted by molar-refractivity contribution is 0.248. The van der Waals surface area contributed by atoms with Crippen molar-refractivity contribution < 1.29 is 4.74 Å². The van der Waals surface area contributed by atoms with Gasteiger partial charge in [-0.05, 0) is 31.4 Å². The number of benzene rings is 1. The molecule has 0 saturated carbocycles. The molecule has 1 rings (SSSR count). The van der Waals surface area contributed by atoms with Crippen molar-refractivity contribution in [3.8, 4) is 5.75 Å². The minimum atomic E-state index is -0.000388. The molecular weight excluding hydrogens is 278 g/mol. The van der Waals surface area contributed by atoms with Crippen LogP contribution in [0, 0.1) is 5.92 Å². The van der Waals surface area contributed by atoms with Crippen LogP contribution in [0.5, 0.6) is 5.75 Å². The van der Waals surface area contributed by atoms with Crippen molar-refractivity contribution in [2.24, 2.45) is 11.7 Å². The van der Waals surface area contributed by atoms with Crippen LogP contribution in [0.25, 0.3) is 0 Å². The highest BCUT2D eigenvalue weighted by molar-refractivity contribution is 9.10. The summed E-state index contributed by atoms with van der Waals surface area (Å²) in [5.74, 6) is 1.48. The molecular formula is C14H22BrNO. The molecule has 0 aromatic heterocycles. The summed E-state index contributed by atoms with van der Waals surface area (Å²) >= 11 is 3.46.